The molecule has 0 aromatic rings. The van der Waals surface area contributed by atoms with Crippen LogP contribution in [-0.4, -0.2) is 178 Å². The summed E-state index contributed by atoms with van der Waals surface area (Å²) in [6.07, 6.45) is 10.4. The molecule has 0 aromatic carbocycles. The number of carbonyl (C=O) groups excluding carboxylic acids is 1. The monoisotopic (exact) mass is 591 g/mol. The predicted octanol–water partition coefficient (Wildman–Crippen LogP) is 1.50. The molecule has 0 spiro atoms. The van der Waals surface area contributed by atoms with Gasteiger partial charge in [-0.05, 0) is 106 Å². The molecule has 0 aromatic heterocycles. The zero-order valence-electron chi connectivity index (χ0n) is 27.9. The van der Waals surface area contributed by atoms with Gasteiger partial charge >= 0.3 is 0 Å². The Morgan fingerprint density at radius 1 is 0.619 bits per heavy atom. The molecule has 9 heteroatoms. The highest BCUT2D eigenvalue weighted by atomic mass is 16.1. The highest BCUT2D eigenvalue weighted by molar-refractivity contribution is 5.89. The number of likely N-dealkylation sites (tertiary alicyclic amines) is 2. The van der Waals surface area contributed by atoms with E-state index in [0.29, 0.717) is 5.78 Å². The molecule has 0 amide bonds. The van der Waals surface area contributed by atoms with E-state index in [1.165, 1.54) is 64.7 Å². The maximum absolute atomic E-state index is 14.5. The minimum absolute atomic E-state index is 0.0479. The lowest BCUT2D eigenvalue weighted by atomic mass is 9.99. The fourth-order valence-corrected chi connectivity index (χ4v) is 7.58. The van der Waals surface area contributed by atoms with Crippen molar-refractivity contribution in [3.63, 3.8) is 0 Å². The first-order valence-electron chi connectivity index (χ1n) is 17.7. The van der Waals surface area contributed by atoms with E-state index in [0.717, 1.165) is 103 Å². The first-order chi connectivity index (χ1) is 20.4. The SMILES string of the molecule is CC1CCCCN1CCCNCC(C(=O)C(CNCCCN1CCCCC1C)N1CCN(C)CC1)N1CCN(C)CC1. The second kappa shape index (κ2) is 18.4. The topological polar surface area (TPSA) is 60.6 Å². The highest BCUT2D eigenvalue weighted by Gasteiger charge is 2.36. The number of hydrogen-bond acceptors (Lipinski definition) is 9. The van der Waals surface area contributed by atoms with E-state index in [1.54, 1.807) is 0 Å². The van der Waals surface area contributed by atoms with E-state index in [4.69, 9.17) is 0 Å². The summed E-state index contributed by atoms with van der Waals surface area (Å²) >= 11 is 0. The quantitative estimate of drug-likeness (QED) is 0.261. The van der Waals surface area contributed by atoms with Crippen molar-refractivity contribution in [1.29, 1.82) is 0 Å². The van der Waals surface area contributed by atoms with Crippen molar-refractivity contribution in [1.82, 2.24) is 40.0 Å². The molecule has 0 saturated carbocycles. The van der Waals surface area contributed by atoms with E-state index in [-0.39, 0.29) is 12.1 Å². The zero-order valence-corrected chi connectivity index (χ0v) is 27.9. The second-order valence-electron chi connectivity index (χ2n) is 14.0. The Morgan fingerprint density at radius 2 is 1.02 bits per heavy atom. The first kappa shape index (κ1) is 34.2. The molecule has 4 fully saturated rings. The predicted molar refractivity (Wildman–Crippen MR) is 175 cm³/mol. The van der Waals surface area contributed by atoms with Crippen LogP contribution in [0.2, 0.25) is 0 Å². The van der Waals surface area contributed by atoms with Crippen LogP contribution in [0, 0.1) is 0 Å². The zero-order chi connectivity index (χ0) is 29.7. The number of ketones is 1. The molecule has 42 heavy (non-hydrogen) atoms. The number of nitrogens with one attached hydrogen (secondary N) is 2. The van der Waals surface area contributed by atoms with Crippen LogP contribution in [0.4, 0.5) is 0 Å². The molecule has 4 aliphatic heterocycles. The van der Waals surface area contributed by atoms with Crippen LogP contribution in [0.25, 0.3) is 0 Å². The number of piperazine rings is 2. The number of piperidine rings is 2. The van der Waals surface area contributed by atoms with E-state index in [2.05, 4.69) is 68.0 Å². The van der Waals surface area contributed by atoms with Crippen LogP contribution in [0.3, 0.4) is 0 Å². The van der Waals surface area contributed by atoms with Gasteiger partial charge in [-0.1, -0.05) is 12.8 Å². The Balaban J connectivity index is 1.32. The molecular formula is C33H66N8O. The summed E-state index contributed by atoms with van der Waals surface area (Å²) in [5.74, 6) is 0.429. The fourth-order valence-electron chi connectivity index (χ4n) is 7.58. The Kier molecular flexibility index (Phi) is 15.0. The molecule has 0 radical (unpaired) electrons. The van der Waals surface area contributed by atoms with Gasteiger partial charge in [-0.2, -0.15) is 0 Å². The third-order valence-electron chi connectivity index (χ3n) is 10.8. The van der Waals surface area contributed by atoms with Crippen LogP contribution >= 0.6 is 0 Å². The lowest BCUT2D eigenvalue weighted by molar-refractivity contribution is -0.131. The third kappa shape index (κ3) is 10.8. The standard InChI is InChI=1S/C33H66N8O/c1-29-11-5-7-15-38(29)17-9-13-34-27-31(40-23-19-36(3)20-24-40)33(42)32(41-25-21-37(4)22-26-41)28-35-14-10-18-39-16-8-6-12-30(39)2/h29-32,34-35H,5-28H2,1-4H3. The summed E-state index contributed by atoms with van der Waals surface area (Å²) in [5, 5.41) is 7.51. The lowest BCUT2D eigenvalue weighted by Gasteiger charge is -2.42. The van der Waals surface area contributed by atoms with E-state index < -0.39 is 0 Å². The molecule has 4 atom stereocenters. The minimum Gasteiger partial charge on any atom is -0.315 e. The molecule has 4 aliphatic rings. The molecule has 9 nitrogen and oxygen atoms in total. The lowest BCUT2D eigenvalue weighted by Crippen LogP contribution is -2.62. The average molecular weight is 591 g/mol. The first-order valence-corrected chi connectivity index (χ1v) is 17.7. The summed E-state index contributed by atoms with van der Waals surface area (Å²) in [4.78, 5) is 29.6. The minimum atomic E-state index is -0.0479. The summed E-state index contributed by atoms with van der Waals surface area (Å²) in [6, 6.07) is 1.35. The van der Waals surface area contributed by atoms with Gasteiger partial charge in [0.05, 0.1) is 12.1 Å². The molecule has 244 valence electrons. The number of likely N-dealkylation sites (N-methyl/N-ethyl adjacent to an activating group) is 2. The largest absolute Gasteiger partial charge is 0.315 e. The van der Waals surface area contributed by atoms with Crippen molar-refractivity contribution < 1.29 is 4.79 Å². The smallest absolute Gasteiger partial charge is 0.169 e. The molecule has 0 aliphatic carbocycles. The van der Waals surface area contributed by atoms with E-state index in [1.807, 2.05) is 0 Å². The van der Waals surface area contributed by atoms with Crippen molar-refractivity contribution in [3.8, 4) is 0 Å². The van der Waals surface area contributed by atoms with Crippen molar-refractivity contribution in [3.05, 3.63) is 0 Å². The Hall–Kier alpha value is -0.650. The summed E-state index contributed by atoms with van der Waals surface area (Å²) in [7, 11) is 4.41. The number of nitrogens with zero attached hydrogens (tertiary/aromatic N) is 6. The molecule has 4 unspecified atom stereocenters. The van der Waals surface area contributed by atoms with Gasteiger partial charge in [0, 0.05) is 77.5 Å². The van der Waals surface area contributed by atoms with Gasteiger partial charge in [-0.3, -0.25) is 14.6 Å². The molecule has 0 bridgehead atoms. The Bertz CT molecular complexity index is 694. The Labute approximate surface area is 258 Å². The van der Waals surface area contributed by atoms with Crippen LogP contribution in [0.1, 0.15) is 65.2 Å². The maximum Gasteiger partial charge on any atom is 0.169 e. The molecule has 2 N–H and O–H groups in total. The number of hydrogen-bond donors (Lipinski definition) is 2. The summed E-state index contributed by atoms with van der Waals surface area (Å²) in [6.45, 7) is 21.3. The summed E-state index contributed by atoms with van der Waals surface area (Å²) < 4.78 is 0. The maximum atomic E-state index is 14.5. The van der Waals surface area contributed by atoms with Gasteiger partial charge in [-0.25, -0.2) is 0 Å². The van der Waals surface area contributed by atoms with Gasteiger partial charge in [0.1, 0.15) is 0 Å². The van der Waals surface area contributed by atoms with Crippen LogP contribution in [0.15, 0.2) is 0 Å². The van der Waals surface area contributed by atoms with Crippen molar-refractivity contribution in [2.75, 3.05) is 119 Å². The van der Waals surface area contributed by atoms with Crippen molar-refractivity contribution in [2.45, 2.75) is 89.4 Å². The van der Waals surface area contributed by atoms with Crippen LogP contribution in [0.5, 0.6) is 0 Å². The summed E-state index contributed by atoms with van der Waals surface area (Å²) in [5.41, 5.74) is 0. The normalized spacial score (nSPS) is 28.2. The number of Topliss-reactive ketones (excluding diaryl/α,β-unsaturated/α-hetero) is 1. The second-order valence-corrected chi connectivity index (χ2v) is 14.0. The van der Waals surface area contributed by atoms with E-state index in [9.17, 15) is 4.79 Å². The van der Waals surface area contributed by atoms with Gasteiger partial charge in [0.15, 0.2) is 5.78 Å². The van der Waals surface area contributed by atoms with Crippen LogP contribution in [-0.2, 0) is 4.79 Å². The Morgan fingerprint density at radius 3 is 1.40 bits per heavy atom. The van der Waals surface area contributed by atoms with Gasteiger partial charge in [-0.15, -0.1) is 0 Å². The van der Waals surface area contributed by atoms with Crippen molar-refractivity contribution in [2.24, 2.45) is 0 Å². The van der Waals surface area contributed by atoms with Gasteiger partial charge in [0.25, 0.3) is 0 Å². The van der Waals surface area contributed by atoms with Crippen LogP contribution < -0.4 is 10.6 Å². The van der Waals surface area contributed by atoms with Crippen molar-refractivity contribution >= 4 is 5.78 Å². The molecular weight excluding hydrogens is 524 g/mol. The highest BCUT2D eigenvalue weighted by Crippen LogP contribution is 2.18. The molecule has 4 heterocycles. The number of rotatable bonds is 16. The fraction of sp³-hybridized carbons (Fsp3) is 0.970. The third-order valence-corrected chi connectivity index (χ3v) is 10.8. The van der Waals surface area contributed by atoms with Gasteiger partial charge < -0.3 is 30.2 Å². The van der Waals surface area contributed by atoms with E-state index >= 15 is 0 Å². The molecule has 4 saturated heterocycles. The molecule has 4 rings (SSSR count). The van der Waals surface area contributed by atoms with Gasteiger partial charge in [0.2, 0.25) is 0 Å². The average Bonchev–Trinajstić information content (AvgIpc) is 2.99. The number of carbonyl (C=O) groups is 1.